The molecule has 0 radical (unpaired) electrons. The predicted octanol–water partition coefficient (Wildman–Crippen LogP) is 2.63. The van der Waals surface area contributed by atoms with E-state index in [0.717, 1.165) is 23.8 Å². The third kappa shape index (κ3) is 3.08. The van der Waals surface area contributed by atoms with Crippen LogP contribution in [0.1, 0.15) is 24.8 Å². The van der Waals surface area contributed by atoms with E-state index in [2.05, 4.69) is 23.5 Å². The molecule has 3 N–H and O–H groups in total. The van der Waals surface area contributed by atoms with Crippen LogP contribution in [0.3, 0.4) is 0 Å². The Morgan fingerprint density at radius 3 is 2.81 bits per heavy atom. The van der Waals surface area contributed by atoms with Crippen molar-refractivity contribution in [2.75, 3.05) is 6.54 Å². The lowest BCUT2D eigenvalue weighted by molar-refractivity contribution is -0.121. The minimum absolute atomic E-state index is 0.108. The molecule has 1 saturated carbocycles. The maximum Gasteiger partial charge on any atom is 0.224 e. The van der Waals surface area contributed by atoms with Crippen LogP contribution in [0.2, 0.25) is 0 Å². The van der Waals surface area contributed by atoms with Crippen LogP contribution < -0.4 is 11.1 Å². The van der Waals surface area contributed by atoms with Gasteiger partial charge in [0.1, 0.15) is 0 Å². The van der Waals surface area contributed by atoms with E-state index in [1.807, 2.05) is 24.3 Å². The van der Waals surface area contributed by atoms with Gasteiger partial charge < -0.3 is 11.1 Å². The van der Waals surface area contributed by atoms with Crippen molar-refractivity contribution in [1.82, 2.24) is 5.32 Å². The molecule has 0 aromatic heterocycles. The fourth-order valence-corrected chi connectivity index (χ4v) is 3.39. The van der Waals surface area contributed by atoms with E-state index in [0.29, 0.717) is 18.9 Å². The standard InChI is InChI=1S/C18H22N2O/c19-12-15-8-4-10-17(15)20-18(21)11-14-7-3-6-13-5-1-2-9-16(13)14/h1-3,5-7,9,15,17H,4,8,10-12,19H2,(H,20,21). The smallest absolute Gasteiger partial charge is 0.224 e. The maximum absolute atomic E-state index is 12.3. The average molecular weight is 282 g/mol. The van der Waals surface area contributed by atoms with E-state index < -0.39 is 0 Å². The van der Waals surface area contributed by atoms with Crippen LogP contribution in [0.4, 0.5) is 0 Å². The Labute approximate surface area is 125 Å². The Hall–Kier alpha value is -1.87. The summed E-state index contributed by atoms with van der Waals surface area (Å²) in [6, 6.07) is 14.6. The first kappa shape index (κ1) is 14.1. The first-order chi connectivity index (χ1) is 10.3. The van der Waals surface area contributed by atoms with Gasteiger partial charge in [-0.1, -0.05) is 48.9 Å². The van der Waals surface area contributed by atoms with Gasteiger partial charge in [0, 0.05) is 6.04 Å². The molecule has 3 heteroatoms. The van der Waals surface area contributed by atoms with Crippen LogP contribution in [0.5, 0.6) is 0 Å². The molecule has 2 aromatic carbocycles. The minimum Gasteiger partial charge on any atom is -0.353 e. The number of carbonyl (C=O) groups is 1. The quantitative estimate of drug-likeness (QED) is 0.905. The summed E-state index contributed by atoms with van der Waals surface area (Å²) in [5.41, 5.74) is 6.87. The van der Waals surface area contributed by atoms with Crippen molar-refractivity contribution in [2.45, 2.75) is 31.7 Å². The molecule has 1 aliphatic rings. The summed E-state index contributed by atoms with van der Waals surface area (Å²) < 4.78 is 0. The molecule has 2 unspecified atom stereocenters. The Bertz CT molecular complexity index is 633. The first-order valence-corrected chi connectivity index (χ1v) is 7.74. The van der Waals surface area contributed by atoms with Gasteiger partial charge in [0.15, 0.2) is 0 Å². The highest BCUT2D eigenvalue weighted by molar-refractivity contribution is 5.90. The van der Waals surface area contributed by atoms with Gasteiger partial charge in [-0.3, -0.25) is 4.79 Å². The monoisotopic (exact) mass is 282 g/mol. The Kier molecular flexibility index (Phi) is 4.20. The molecule has 0 saturated heterocycles. The zero-order chi connectivity index (χ0) is 14.7. The van der Waals surface area contributed by atoms with E-state index in [9.17, 15) is 4.79 Å². The van der Waals surface area contributed by atoms with E-state index in [1.54, 1.807) is 0 Å². The molecular weight excluding hydrogens is 260 g/mol. The molecule has 1 aliphatic carbocycles. The molecule has 1 fully saturated rings. The Balaban J connectivity index is 1.72. The van der Waals surface area contributed by atoms with Crippen molar-refractivity contribution in [1.29, 1.82) is 0 Å². The van der Waals surface area contributed by atoms with Crippen LogP contribution in [0, 0.1) is 5.92 Å². The Morgan fingerprint density at radius 1 is 1.14 bits per heavy atom. The number of amides is 1. The van der Waals surface area contributed by atoms with Crippen molar-refractivity contribution in [3.8, 4) is 0 Å². The minimum atomic E-state index is 0.108. The number of nitrogens with one attached hydrogen (secondary N) is 1. The largest absolute Gasteiger partial charge is 0.353 e. The average Bonchev–Trinajstić information content (AvgIpc) is 2.94. The molecule has 2 aromatic rings. The number of carbonyl (C=O) groups excluding carboxylic acids is 1. The molecule has 0 heterocycles. The van der Waals surface area contributed by atoms with E-state index in [-0.39, 0.29) is 11.9 Å². The molecule has 110 valence electrons. The van der Waals surface area contributed by atoms with Crippen LogP contribution in [0.25, 0.3) is 10.8 Å². The highest BCUT2D eigenvalue weighted by Gasteiger charge is 2.27. The van der Waals surface area contributed by atoms with Crippen LogP contribution in [-0.2, 0) is 11.2 Å². The van der Waals surface area contributed by atoms with Crippen LogP contribution in [-0.4, -0.2) is 18.5 Å². The SMILES string of the molecule is NCC1CCCC1NC(=O)Cc1cccc2ccccc12. The number of fused-ring (bicyclic) bond motifs is 1. The second kappa shape index (κ2) is 6.27. The van der Waals surface area contributed by atoms with Crippen molar-refractivity contribution < 1.29 is 4.79 Å². The maximum atomic E-state index is 12.3. The molecule has 0 bridgehead atoms. The highest BCUT2D eigenvalue weighted by Crippen LogP contribution is 2.25. The second-order valence-corrected chi connectivity index (χ2v) is 5.92. The summed E-state index contributed by atoms with van der Waals surface area (Å²) in [7, 11) is 0. The number of hydrogen-bond donors (Lipinski definition) is 2. The summed E-state index contributed by atoms with van der Waals surface area (Å²) in [6.45, 7) is 0.666. The van der Waals surface area contributed by atoms with Crippen molar-refractivity contribution >= 4 is 16.7 Å². The molecule has 0 spiro atoms. The van der Waals surface area contributed by atoms with Crippen molar-refractivity contribution in [2.24, 2.45) is 11.7 Å². The molecule has 0 aliphatic heterocycles. The van der Waals surface area contributed by atoms with Crippen LogP contribution in [0.15, 0.2) is 42.5 Å². The van der Waals surface area contributed by atoms with Gasteiger partial charge in [0.05, 0.1) is 6.42 Å². The fourth-order valence-electron chi connectivity index (χ4n) is 3.39. The van der Waals surface area contributed by atoms with Gasteiger partial charge in [-0.05, 0) is 41.6 Å². The molecule has 21 heavy (non-hydrogen) atoms. The summed E-state index contributed by atoms with van der Waals surface area (Å²) in [6.07, 6.45) is 3.80. The normalized spacial score (nSPS) is 21.6. The molecule has 3 nitrogen and oxygen atoms in total. The molecule has 2 atom stereocenters. The lowest BCUT2D eigenvalue weighted by atomic mass is 10.0. The lowest BCUT2D eigenvalue weighted by Crippen LogP contribution is -2.40. The van der Waals surface area contributed by atoms with Gasteiger partial charge in [-0.15, -0.1) is 0 Å². The van der Waals surface area contributed by atoms with Gasteiger partial charge in [0.2, 0.25) is 5.91 Å². The topological polar surface area (TPSA) is 55.1 Å². The number of benzene rings is 2. The molecule has 1 amide bonds. The Morgan fingerprint density at radius 2 is 1.95 bits per heavy atom. The number of nitrogens with two attached hydrogens (primary N) is 1. The van der Waals surface area contributed by atoms with Gasteiger partial charge >= 0.3 is 0 Å². The second-order valence-electron chi connectivity index (χ2n) is 5.92. The first-order valence-electron chi connectivity index (χ1n) is 7.74. The van der Waals surface area contributed by atoms with Gasteiger partial charge in [0.25, 0.3) is 0 Å². The fraction of sp³-hybridized carbons (Fsp3) is 0.389. The van der Waals surface area contributed by atoms with Crippen LogP contribution >= 0.6 is 0 Å². The van der Waals surface area contributed by atoms with Gasteiger partial charge in [-0.2, -0.15) is 0 Å². The molecule has 3 rings (SSSR count). The third-order valence-corrected chi connectivity index (χ3v) is 4.54. The van der Waals surface area contributed by atoms with E-state index >= 15 is 0 Å². The van der Waals surface area contributed by atoms with E-state index in [1.165, 1.54) is 11.8 Å². The summed E-state index contributed by atoms with van der Waals surface area (Å²) in [5, 5.41) is 5.52. The predicted molar refractivity (Wildman–Crippen MR) is 86.0 cm³/mol. The zero-order valence-corrected chi connectivity index (χ0v) is 12.2. The lowest BCUT2D eigenvalue weighted by Gasteiger charge is -2.19. The van der Waals surface area contributed by atoms with Gasteiger partial charge in [-0.25, -0.2) is 0 Å². The molecular formula is C18H22N2O. The van der Waals surface area contributed by atoms with Crippen molar-refractivity contribution in [3.05, 3.63) is 48.0 Å². The van der Waals surface area contributed by atoms with Crippen molar-refractivity contribution in [3.63, 3.8) is 0 Å². The summed E-state index contributed by atoms with van der Waals surface area (Å²) in [4.78, 5) is 12.3. The highest BCUT2D eigenvalue weighted by atomic mass is 16.1. The van der Waals surface area contributed by atoms with E-state index in [4.69, 9.17) is 5.73 Å². The number of hydrogen-bond acceptors (Lipinski definition) is 2. The summed E-state index contributed by atoms with van der Waals surface area (Å²) >= 11 is 0. The zero-order valence-electron chi connectivity index (χ0n) is 12.2. The summed E-state index contributed by atoms with van der Waals surface area (Å²) in [5.74, 6) is 0.554. The number of rotatable bonds is 4. The third-order valence-electron chi connectivity index (χ3n) is 4.54.